The molecule has 2 aliphatic carbocycles. The van der Waals surface area contributed by atoms with Gasteiger partial charge in [0.15, 0.2) is 0 Å². The summed E-state index contributed by atoms with van der Waals surface area (Å²) in [6.07, 6.45) is 0.857. The highest BCUT2D eigenvalue weighted by Crippen LogP contribution is 2.55. The molecule has 0 unspecified atom stereocenters. The summed E-state index contributed by atoms with van der Waals surface area (Å²) in [6.45, 7) is 5.28. The minimum Gasteiger partial charge on any atom is -0.444 e. The van der Waals surface area contributed by atoms with Crippen LogP contribution in [0.5, 0.6) is 0 Å². The van der Waals surface area contributed by atoms with Crippen LogP contribution >= 0.6 is 0 Å². The Morgan fingerprint density at radius 2 is 1.79 bits per heavy atom. The van der Waals surface area contributed by atoms with Gasteiger partial charge in [0.1, 0.15) is 5.60 Å². The lowest BCUT2D eigenvalue weighted by Crippen LogP contribution is -2.78. The fourth-order valence-electron chi connectivity index (χ4n) is 2.99. The smallest absolute Gasteiger partial charge is 0.408 e. The van der Waals surface area contributed by atoms with Gasteiger partial charge in [0.05, 0.1) is 11.1 Å². The Balaban J connectivity index is 2.02. The van der Waals surface area contributed by atoms with Crippen molar-refractivity contribution >= 4 is 6.09 Å². The van der Waals surface area contributed by atoms with Crippen molar-refractivity contribution in [2.45, 2.75) is 75.5 Å². The third kappa shape index (κ3) is 2.68. The first-order valence-corrected chi connectivity index (χ1v) is 6.65. The average Bonchev–Trinajstić information content (AvgIpc) is 2.04. The van der Waals surface area contributed by atoms with Gasteiger partial charge in [-0.25, -0.2) is 13.6 Å². The number of nitrogens with one attached hydrogen (secondary N) is 1. The molecule has 0 aliphatic heterocycles. The average molecular weight is 276 g/mol. The molecule has 19 heavy (non-hydrogen) atoms. The van der Waals surface area contributed by atoms with Crippen molar-refractivity contribution in [1.82, 2.24) is 5.32 Å². The van der Waals surface area contributed by atoms with Crippen LogP contribution in [-0.2, 0) is 4.74 Å². The van der Waals surface area contributed by atoms with Crippen LogP contribution in [0, 0.1) is 0 Å². The molecule has 0 aromatic heterocycles. The van der Waals surface area contributed by atoms with E-state index in [0.29, 0.717) is 12.8 Å². The van der Waals surface area contributed by atoms with Crippen LogP contribution in [0.4, 0.5) is 13.6 Å². The van der Waals surface area contributed by atoms with Gasteiger partial charge in [-0.05, 0) is 40.0 Å². The number of halogens is 2. The molecular weight excluding hydrogens is 254 g/mol. The second kappa shape index (κ2) is 4.04. The predicted molar refractivity (Wildman–Crippen MR) is 67.1 cm³/mol. The SMILES string of the molecule is CC(C)(C)OC(=O)NC1(C2(N)CC(F)(F)C2)CCC1. The number of alkyl carbamates (subject to hydrolysis) is 1. The van der Waals surface area contributed by atoms with E-state index in [1.807, 2.05) is 0 Å². The zero-order chi connectivity index (χ0) is 14.5. The van der Waals surface area contributed by atoms with E-state index in [-0.39, 0.29) is 12.8 Å². The van der Waals surface area contributed by atoms with Crippen LogP contribution in [0.2, 0.25) is 0 Å². The summed E-state index contributed by atoms with van der Waals surface area (Å²) in [7, 11) is 0. The summed E-state index contributed by atoms with van der Waals surface area (Å²) in [4.78, 5) is 11.8. The van der Waals surface area contributed by atoms with Crippen molar-refractivity contribution in [3.63, 3.8) is 0 Å². The number of alkyl halides is 2. The standard InChI is InChI=1S/C13H22F2N2O2/c1-10(2,3)19-9(18)17-12(5-4-6-12)11(16)7-13(14,15)8-11/h4-8,16H2,1-3H3,(H,17,18). The first-order valence-electron chi connectivity index (χ1n) is 6.65. The van der Waals surface area contributed by atoms with E-state index >= 15 is 0 Å². The maximum Gasteiger partial charge on any atom is 0.408 e. The molecule has 3 N–H and O–H groups in total. The summed E-state index contributed by atoms with van der Waals surface area (Å²) in [6, 6.07) is 0. The van der Waals surface area contributed by atoms with Gasteiger partial charge in [-0.3, -0.25) is 0 Å². The van der Waals surface area contributed by atoms with Crippen molar-refractivity contribution in [3.05, 3.63) is 0 Å². The van der Waals surface area contributed by atoms with Gasteiger partial charge in [-0.2, -0.15) is 0 Å². The molecule has 2 aliphatic rings. The number of hydrogen-bond donors (Lipinski definition) is 2. The number of ether oxygens (including phenoxy) is 1. The molecule has 2 fully saturated rings. The van der Waals surface area contributed by atoms with Gasteiger partial charge >= 0.3 is 6.09 Å². The van der Waals surface area contributed by atoms with Crippen LogP contribution in [0.25, 0.3) is 0 Å². The zero-order valence-electron chi connectivity index (χ0n) is 11.7. The molecule has 2 rings (SSSR count). The summed E-state index contributed by atoms with van der Waals surface area (Å²) in [5.74, 6) is -2.70. The highest BCUT2D eigenvalue weighted by atomic mass is 19.3. The molecule has 0 atom stereocenters. The summed E-state index contributed by atoms with van der Waals surface area (Å²) >= 11 is 0. The topological polar surface area (TPSA) is 64.3 Å². The molecule has 110 valence electrons. The Morgan fingerprint density at radius 1 is 1.26 bits per heavy atom. The van der Waals surface area contributed by atoms with Crippen LogP contribution in [0.1, 0.15) is 52.9 Å². The minimum absolute atomic E-state index is 0.365. The lowest BCUT2D eigenvalue weighted by molar-refractivity contribution is -0.161. The van der Waals surface area contributed by atoms with E-state index in [2.05, 4.69) is 5.32 Å². The second-order valence-electron chi connectivity index (χ2n) is 6.93. The van der Waals surface area contributed by atoms with E-state index < -0.39 is 28.7 Å². The predicted octanol–water partition coefficient (Wildman–Crippen LogP) is 2.56. The molecule has 2 saturated carbocycles. The Hall–Kier alpha value is -0.910. The Kier molecular flexibility index (Phi) is 3.08. The third-order valence-electron chi connectivity index (χ3n) is 4.05. The minimum atomic E-state index is -2.70. The maximum atomic E-state index is 13.1. The number of amides is 1. The fourth-order valence-corrected chi connectivity index (χ4v) is 2.99. The molecule has 0 aromatic carbocycles. The maximum absolute atomic E-state index is 13.1. The van der Waals surface area contributed by atoms with Crippen molar-refractivity contribution < 1.29 is 18.3 Å². The van der Waals surface area contributed by atoms with Crippen LogP contribution in [0.15, 0.2) is 0 Å². The van der Waals surface area contributed by atoms with Gasteiger partial charge in [-0.1, -0.05) is 0 Å². The molecule has 0 heterocycles. The highest BCUT2D eigenvalue weighted by Gasteiger charge is 2.66. The molecule has 1 amide bonds. The first kappa shape index (κ1) is 14.5. The quantitative estimate of drug-likeness (QED) is 0.814. The van der Waals surface area contributed by atoms with E-state index in [1.54, 1.807) is 20.8 Å². The van der Waals surface area contributed by atoms with Crippen molar-refractivity contribution in [2.24, 2.45) is 5.73 Å². The Labute approximate surface area is 112 Å². The molecule has 0 aromatic rings. The molecular formula is C13H22F2N2O2. The van der Waals surface area contributed by atoms with Gasteiger partial charge in [-0.15, -0.1) is 0 Å². The van der Waals surface area contributed by atoms with Gasteiger partial charge in [0, 0.05) is 12.8 Å². The molecule has 6 heteroatoms. The molecule has 0 bridgehead atoms. The number of carbonyl (C=O) groups excluding carboxylic acids is 1. The normalized spacial score (nSPS) is 26.8. The summed E-state index contributed by atoms with van der Waals surface area (Å²) in [5, 5.41) is 2.75. The lowest BCUT2D eigenvalue weighted by Gasteiger charge is -2.60. The largest absolute Gasteiger partial charge is 0.444 e. The zero-order valence-corrected chi connectivity index (χ0v) is 11.7. The van der Waals surface area contributed by atoms with Crippen LogP contribution < -0.4 is 11.1 Å². The molecule has 0 radical (unpaired) electrons. The van der Waals surface area contributed by atoms with E-state index in [9.17, 15) is 13.6 Å². The molecule has 0 spiro atoms. The monoisotopic (exact) mass is 276 g/mol. The van der Waals surface area contributed by atoms with E-state index in [1.165, 1.54) is 0 Å². The Bertz CT molecular complexity index is 379. The molecule has 0 saturated heterocycles. The van der Waals surface area contributed by atoms with Crippen molar-refractivity contribution in [3.8, 4) is 0 Å². The second-order valence-corrected chi connectivity index (χ2v) is 6.93. The fraction of sp³-hybridized carbons (Fsp3) is 0.923. The third-order valence-corrected chi connectivity index (χ3v) is 4.05. The van der Waals surface area contributed by atoms with E-state index in [4.69, 9.17) is 10.5 Å². The number of nitrogens with two attached hydrogens (primary N) is 1. The van der Waals surface area contributed by atoms with Gasteiger partial charge in [0.2, 0.25) is 0 Å². The van der Waals surface area contributed by atoms with Gasteiger partial charge < -0.3 is 15.8 Å². The molecule has 4 nitrogen and oxygen atoms in total. The van der Waals surface area contributed by atoms with Crippen LogP contribution in [-0.4, -0.2) is 28.7 Å². The highest BCUT2D eigenvalue weighted by molar-refractivity contribution is 5.69. The first-order chi connectivity index (χ1) is 8.47. The number of hydrogen-bond acceptors (Lipinski definition) is 3. The van der Waals surface area contributed by atoms with Crippen LogP contribution in [0.3, 0.4) is 0 Å². The van der Waals surface area contributed by atoms with Crippen molar-refractivity contribution in [1.29, 1.82) is 0 Å². The number of rotatable bonds is 2. The summed E-state index contributed by atoms with van der Waals surface area (Å²) < 4.78 is 31.4. The summed E-state index contributed by atoms with van der Waals surface area (Å²) in [5.41, 5.74) is 3.74. The lowest BCUT2D eigenvalue weighted by atomic mass is 9.54. The van der Waals surface area contributed by atoms with Gasteiger partial charge in [0.25, 0.3) is 5.92 Å². The van der Waals surface area contributed by atoms with E-state index in [0.717, 1.165) is 6.42 Å². The Morgan fingerprint density at radius 3 is 2.11 bits per heavy atom. The number of carbonyl (C=O) groups is 1. The van der Waals surface area contributed by atoms with Crippen molar-refractivity contribution in [2.75, 3.05) is 0 Å².